The van der Waals surface area contributed by atoms with Crippen LogP contribution in [-0.2, 0) is 5.41 Å². The van der Waals surface area contributed by atoms with Crippen LogP contribution < -0.4 is 0 Å². The second-order valence-corrected chi connectivity index (χ2v) is 7.57. The van der Waals surface area contributed by atoms with Crippen LogP contribution in [0.1, 0.15) is 58.1 Å². The summed E-state index contributed by atoms with van der Waals surface area (Å²) in [6, 6.07) is 8.47. The zero-order valence-corrected chi connectivity index (χ0v) is 14.5. The predicted octanol–water partition coefficient (Wildman–Crippen LogP) is 4.28. The van der Waals surface area contributed by atoms with Crippen molar-refractivity contribution in [3.05, 3.63) is 35.4 Å². The maximum Gasteiger partial charge on any atom is 0.0908 e. The zero-order chi connectivity index (χ0) is 16.2. The van der Waals surface area contributed by atoms with E-state index in [1.54, 1.807) is 0 Å². The highest BCUT2D eigenvalue weighted by atomic mass is 16.4. The Morgan fingerprint density at radius 2 is 1.73 bits per heavy atom. The molecule has 1 heterocycles. The van der Waals surface area contributed by atoms with E-state index in [1.807, 2.05) is 0 Å². The van der Waals surface area contributed by atoms with Gasteiger partial charge in [-0.2, -0.15) is 0 Å². The summed E-state index contributed by atoms with van der Waals surface area (Å²) in [5.41, 5.74) is 3.28. The van der Waals surface area contributed by atoms with Gasteiger partial charge in [-0.15, -0.1) is 0 Å². The fourth-order valence-corrected chi connectivity index (χ4v) is 3.20. The molecule has 122 valence electrons. The molecule has 1 atom stereocenters. The van der Waals surface area contributed by atoms with Gasteiger partial charge in [0.25, 0.3) is 0 Å². The van der Waals surface area contributed by atoms with Crippen molar-refractivity contribution >= 4 is 5.71 Å². The third kappa shape index (κ3) is 4.33. The first-order valence-corrected chi connectivity index (χ1v) is 8.47. The molecule has 22 heavy (non-hydrogen) atoms. The highest BCUT2D eigenvalue weighted by Gasteiger charge is 2.20. The summed E-state index contributed by atoms with van der Waals surface area (Å²) in [7, 11) is 0. The molecule has 1 aliphatic heterocycles. The standard InChI is InChI=1S/C19H30N2O/c1-15(14-21-12-6-5-7-13-21)18(20-22)16-8-10-17(11-9-16)19(2,3)4/h8-11,15,22H,5-7,12-14H2,1-4H3. The molecule has 0 aromatic heterocycles. The second-order valence-electron chi connectivity index (χ2n) is 7.57. The van der Waals surface area contributed by atoms with Gasteiger partial charge in [0.15, 0.2) is 0 Å². The van der Waals surface area contributed by atoms with E-state index in [0.717, 1.165) is 17.8 Å². The number of piperidine rings is 1. The smallest absolute Gasteiger partial charge is 0.0908 e. The molecule has 2 rings (SSSR count). The molecular formula is C19H30N2O. The molecule has 1 aromatic carbocycles. The molecule has 1 aromatic rings. The molecule has 1 saturated heterocycles. The van der Waals surface area contributed by atoms with Gasteiger partial charge < -0.3 is 10.1 Å². The van der Waals surface area contributed by atoms with E-state index in [-0.39, 0.29) is 11.3 Å². The predicted molar refractivity (Wildman–Crippen MR) is 92.9 cm³/mol. The number of benzene rings is 1. The minimum Gasteiger partial charge on any atom is -0.411 e. The Morgan fingerprint density at radius 1 is 1.14 bits per heavy atom. The van der Waals surface area contributed by atoms with Gasteiger partial charge in [0.05, 0.1) is 5.71 Å². The minimum absolute atomic E-state index is 0.147. The van der Waals surface area contributed by atoms with Crippen molar-refractivity contribution in [1.29, 1.82) is 0 Å². The summed E-state index contributed by atoms with van der Waals surface area (Å²) in [4.78, 5) is 2.49. The molecule has 3 nitrogen and oxygen atoms in total. The van der Waals surface area contributed by atoms with E-state index in [1.165, 1.54) is 37.9 Å². The van der Waals surface area contributed by atoms with Gasteiger partial charge in [-0.25, -0.2) is 0 Å². The fraction of sp³-hybridized carbons (Fsp3) is 0.632. The van der Waals surface area contributed by atoms with Crippen molar-refractivity contribution in [1.82, 2.24) is 4.90 Å². The quantitative estimate of drug-likeness (QED) is 0.512. The molecule has 0 radical (unpaired) electrons. The Balaban J connectivity index is 2.07. The van der Waals surface area contributed by atoms with Crippen molar-refractivity contribution < 1.29 is 5.21 Å². The number of hydrogen-bond donors (Lipinski definition) is 1. The highest BCUT2D eigenvalue weighted by Crippen LogP contribution is 2.23. The zero-order valence-electron chi connectivity index (χ0n) is 14.5. The summed E-state index contributed by atoms with van der Waals surface area (Å²) in [6.45, 7) is 12.1. The van der Waals surface area contributed by atoms with Crippen molar-refractivity contribution in [3.8, 4) is 0 Å². The first kappa shape index (κ1) is 17.0. The topological polar surface area (TPSA) is 35.8 Å². The summed E-state index contributed by atoms with van der Waals surface area (Å²) >= 11 is 0. The Morgan fingerprint density at radius 3 is 2.23 bits per heavy atom. The van der Waals surface area contributed by atoms with Gasteiger partial charge in [0.2, 0.25) is 0 Å². The number of oxime groups is 1. The van der Waals surface area contributed by atoms with E-state index in [0.29, 0.717) is 0 Å². The molecule has 1 fully saturated rings. The van der Waals surface area contributed by atoms with Crippen LogP contribution in [0.5, 0.6) is 0 Å². The van der Waals surface area contributed by atoms with E-state index in [4.69, 9.17) is 0 Å². The van der Waals surface area contributed by atoms with Gasteiger partial charge in [0, 0.05) is 12.5 Å². The molecule has 1 N–H and O–H groups in total. The Hall–Kier alpha value is -1.35. The average molecular weight is 302 g/mol. The first-order chi connectivity index (χ1) is 10.4. The lowest BCUT2D eigenvalue weighted by atomic mass is 9.86. The van der Waals surface area contributed by atoms with Crippen molar-refractivity contribution in [2.45, 2.75) is 52.4 Å². The first-order valence-electron chi connectivity index (χ1n) is 8.47. The summed E-state index contributed by atoms with van der Waals surface area (Å²) in [5, 5.41) is 13.1. The van der Waals surface area contributed by atoms with Crippen molar-refractivity contribution in [3.63, 3.8) is 0 Å². The molecule has 0 amide bonds. The number of nitrogens with zero attached hydrogens (tertiary/aromatic N) is 2. The van der Waals surface area contributed by atoms with Crippen LogP contribution in [0.25, 0.3) is 0 Å². The lowest BCUT2D eigenvalue weighted by Crippen LogP contribution is -2.36. The monoisotopic (exact) mass is 302 g/mol. The third-order valence-corrected chi connectivity index (χ3v) is 4.60. The maximum atomic E-state index is 9.48. The lowest BCUT2D eigenvalue weighted by Gasteiger charge is -2.29. The molecule has 1 aliphatic rings. The Kier molecular flexibility index (Phi) is 5.63. The third-order valence-electron chi connectivity index (χ3n) is 4.60. The van der Waals surface area contributed by atoms with E-state index < -0.39 is 0 Å². The van der Waals surface area contributed by atoms with Crippen LogP contribution in [0.3, 0.4) is 0 Å². The Bertz CT molecular complexity index is 493. The van der Waals surface area contributed by atoms with Crippen LogP contribution in [-0.4, -0.2) is 35.5 Å². The Labute approximate surface area is 135 Å². The summed E-state index contributed by atoms with van der Waals surface area (Å²) in [5.74, 6) is 0.239. The molecule has 0 aliphatic carbocycles. The van der Waals surface area contributed by atoms with Gasteiger partial charge >= 0.3 is 0 Å². The van der Waals surface area contributed by atoms with Crippen LogP contribution in [0.4, 0.5) is 0 Å². The molecule has 0 bridgehead atoms. The summed E-state index contributed by atoms with van der Waals surface area (Å²) in [6.07, 6.45) is 3.93. The number of likely N-dealkylation sites (tertiary alicyclic amines) is 1. The van der Waals surface area contributed by atoms with E-state index in [2.05, 4.69) is 62.0 Å². The maximum absolute atomic E-state index is 9.48. The van der Waals surface area contributed by atoms with Crippen LogP contribution in [0, 0.1) is 5.92 Å². The summed E-state index contributed by atoms with van der Waals surface area (Å²) < 4.78 is 0. The lowest BCUT2D eigenvalue weighted by molar-refractivity contribution is 0.215. The van der Waals surface area contributed by atoms with Gasteiger partial charge in [-0.05, 0) is 42.5 Å². The molecule has 0 spiro atoms. The van der Waals surface area contributed by atoms with Crippen LogP contribution >= 0.6 is 0 Å². The van der Waals surface area contributed by atoms with Crippen molar-refractivity contribution in [2.24, 2.45) is 11.1 Å². The largest absolute Gasteiger partial charge is 0.411 e. The number of rotatable bonds is 4. The normalized spacial score (nSPS) is 19.2. The molecule has 0 saturated carbocycles. The van der Waals surface area contributed by atoms with Gasteiger partial charge in [-0.1, -0.05) is 63.5 Å². The van der Waals surface area contributed by atoms with Crippen LogP contribution in [0.15, 0.2) is 29.4 Å². The molecular weight excluding hydrogens is 272 g/mol. The minimum atomic E-state index is 0.147. The second kappa shape index (κ2) is 7.28. The SMILES string of the molecule is CC(CN1CCCCC1)C(=NO)c1ccc(C(C)(C)C)cc1. The fourth-order valence-electron chi connectivity index (χ4n) is 3.20. The van der Waals surface area contributed by atoms with Gasteiger partial charge in [-0.3, -0.25) is 0 Å². The molecule has 3 heteroatoms. The molecule has 1 unspecified atom stereocenters. The van der Waals surface area contributed by atoms with Crippen LogP contribution in [0.2, 0.25) is 0 Å². The van der Waals surface area contributed by atoms with Gasteiger partial charge in [0.1, 0.15) is 0 Å². The van der Waals surface area contributed by atoms with E-state index in [9.17, 15) is 5.21 Å². The average Bonchev–Trinajstić information content (AvgIpc) is 2.48. The van der Waals surface area contributed by atoms with Crippen molar-refractivity contribution in [2.75, 3.05) is 19.6 Å². The number of hydrogen-bond acceptors (Lipinski definition) is 3. The highest BCUT2D eigenvalue weighted by molar-refractivity contribution is 6.01. The van der Waals surface area contributed by atoms with E-state index >= 15 is 0 Å².